The van der Waals surface area contributed by atoms with Crippen molar-refractivity contribution in [2.24, 2.45) is 5.73 Å². The molecule has 0 saturated carbocycles. The first kappa shape index (κ1) is 15.7. The smallest absolute Gasteiger partial charge is 0.119 e. The zero-order valence-electron chi connectivity index (χ0n) is 12.5. The Morgan fingerprint density at radius 2 is 1.95 bits per heavy atom. The van der Waals surface area contributed by atoms with Crippen molar-refractivity contribution in [2.75, 3.05) is 12.4 Å². The summed E-state index contributed by atoms with van der Waals surface area (Å²) < 4.78 is 18.0. The molecule has 0 bridgehead atoms. The van der Waals surface area contributed by atoms with Crippen molar-refractivity contribution in [2.45, 2.75) is 25.3 Å². The van der Waals surface area contributed by atoms with E-state index >= 15 is 0 Å². The molecule has 0 aromatic heterocycles. The predicted molar refractivity (Wildman–Crippen MR) is 87.0 cm³/mol. The van der Waals surface area contributed by atoms with E-state index in [1.54, 1.807) is 0 Å². The first-order valence-corrected chi connectivity index (χ1v) is 8.29. The summed E-state index contributed by atoms with van der Waals surface area (Å²) in [5.74, 6) is 1.26. The Bertz CT molecular complexity index is 640. The largest absolute Gasteiger partial charge is 0.493 e. The molecule has 0 heterocycles. The van der Waals surface area contributed by atoms with E-state index in [9.17, 15) is 4.21 Å². The lowest BCUT2D eigenvalue weighted by Gasteiger charge is -2.09. The highest BCUT2D eigenvalue weighted by molar-refractivity contribution is 7.85. The van der Waals surface area contributed by atoms with Gasteiger partial charge in [0.15, 0.2) is 0 Å². The van der Waals surface area contributed by atoms with Gasteiger partial charge in [-0.25, -0.2) is 0 Å². The molecule has 0 spiro atoms. The third-order valence-electron chi connectivity index (χ3n) is 3.25. The molecule has 2 aromatic rings. The van der Waals surface area contributed by atoms with Crippen LogP contribution in [0.3, 0.4) is 0 Å². The molecule has 0 amide bonds. The maximum Gasteiger partial charge on any atom is 0.119 e. The highest BCUT2D eigenvalue weighted by Gasteiger charge is 2.07. The predicted octanol–water partition coefficient (Wildman–Crippen LogP) is 2.95. The SMILES string of the molecule is Cc1ccc(S(=O)CCOc2cccc(CN)c2)c(C)c1. The van der Waals surface area contributed by atoms with Gasteiger partial charge in [-0.15, -0.1) is 0 Å². The number of aryl methyl sites for hydroxylation is 2. The molecule has 0 saturated heterocycles. The molecule has 4 heteroatoms. The Balaban J connectivity index is 1.92. The Morgan fingerprint density at radius 3 is 2.67 bits per heavy atom. The van der Waals surface area contributed by atoms with Gasteiger partial charge in [0.2, 0.25) is 0 Å². The van der Waals surface area contributed by atoms with Gasteiger partial charge >= 0.3 is 0 Å². The van der Waals surface area contributed by atoms with Crippen molar-refractivity contribution in [3.63, 3.8) is 0 Å². The van der Waals surface area contributed by atoms with Crippen molar-refractivity contribution < 1.29 is 8.95 Å². The van der Waals surface area contributed by atoms with Crippen LogP contribution >= 0.6 is 0 Å². The van der Waals surface area contributed by atoms with Gasteiger partial charge in [0, 0.05) is 11.4 Å². The number of nitrogens with two attached hydrogens (primary N) is 1. The van der Waals surface area contributed by atoms with Crippen LogP contribution in [0.1, 0.15) is 16.7 Å². The maximum absolute atomic E-state index is 12.3. The molecule has 1 atom stereocenters. The van der Waals surface area contributed by atoms with Crippen LogP contribution in [0, 0.1) is 13.8 Å². The van der Waals surface area contributed by atoms with Crippen LogP contribution in [-0.2, 0) is 17.3 Å². The minimum atomic E-state index is -1.03. The summed E-state index contributed by atoms with van der Waals surface area (Å²) in [6.07, 6.45) is 0. The van der Waals surface area contributed by atoms with E-state index in [2.05, 4.69) is 6.07 Å². The van der Waals surface area contributed by atoms with Gasteiger partial charge in [0.1, 0.15) is 12.4 Å². The molecular formula is C17H21NO2S. The van der Waals surface area contributed by atoms with Crippen molar-refractivity contribution in [3.8, 4) is 5.75 Å². The molecule has 0 fully saturated rings. The maximum atomic E-state index is 12.3. The van der Waals surface area contributed by atoms with Crippen molar-refractivity contribution >= 4 is 10.8 Å². The van der Waals surface area contributed by atoms with Crippen LogP contribution < -0.4 is 10.5 Å². The summed E-state index contributed by atoms with van der Waals surface area (Å²) >= 11 is 0. The molecule has 2 N–H and O–H groups in total. The number of hydrogen-bond acceptors (Lipinski definition) is 3. The van der Waals surface area contributed by atoms with Gasteiger partial charge < -0.3 is 10.5 Å². The Kier molecular flexibility index (Phi) is 5.53. The van der Waals surface area contributed by atoms with E-state index in [0.717, 1.165) is 21.8 Å². The number of benzene rings is 2. The van der Waals surface area contributed by atoms with E-state index in [4.69, 9.17) is 10.5 Å². The third-order valence-corrected chi connectivity index (χ3v) is 4.73. The van der Waals surface area contributed by atoms with Crippen LogP contribution in [0.4, 0.5) is 0 Å². The molecule has 0 aliphatic heterocycles. The fraction of sp³-hybridized carbons (Fsp3) is 0.294. The van der Waals surface area contributed by atoms with E-state index in [1.165, 1.54) is 5.56 Å². The first-order valence-electron chi connectivity index (χ1n) is 6.97. The molecule has 0 aliphatic carbocycles. The van der Waals surface area contributed by atoms with Crippen molar-refractivity contribution in [1.29, 1.82) is 0 Å². The third kappa shape index (κ3) is 4.41. The van der Waals surface area contributed by atoms with Gasteiger partial charge in [0.05, 0.1) is 16.6 Å². The van der Waals surface area contributed by atoms with E-state index < -0.39 is 10.8 Å². The topological polar surface area (TPSA) is 52.3 Å². The van der Waals surface area contributed by atoms with E-state index in [-0.39, 0.29) is 0 Å². The van der Waals surface area contributed by atoms with Crippen LogP contribution in [-0.4, -0.2) is 16.6 Å². The molecule has 2 rings (SSSR count). The highest BCUT2D eigenvalue weighted by atomic mass is 32.2. The normalized spacial score (nSPS) is 12.1. The molecule has 2 aromatic carbocycles. The molecular weight excluding hydrogens is 282 g/mol. The van der Waals surface area contributed by atoms with Gasteiger partial charge in [-0.1, -0.05) is 29.8 Å². The Labute approximate surface area is 128 Å². The van der Waals surface area contributed by atoms with Crippen LogP contribution in [0.25, 0.3) is 0 Å². The lowest BCUT2D eigenvalue weighted by Crippen LogP contribution is -2.10. The summed E-state index contributed by atoms with van der Waals surface area (Å²) in [5, 5.41) is 0. The van der Waals surface area contributed by atoms with E-state index in [0.29, 0.717) is 18.9 Å². The molecule has 0 radical (unpaired) electrons. The standard InChI is InChI=1S/C17H21NO2S/c1-13-6-7-17(14(2)10-13)21(19)9-8-20-16-5-3-4-15(11-16)12-18/h3-7,10-11H,8-9,12,18H2,1-2H3. The number of rotatable bonds is 6. The molecule has 3 nitrogen and oxygen atoms in total. The quantitative estimate of drug-likeness (QED) is 0.892. The second-order valence-corrected chi connectivity index (χ2v) is 6.56. The summed E-state index contributed by atoms with van der Waals surface area (Å²) in [6, 6.07) is 13.7. The number of ether oxygens (including phenoxy) is 1. The Hall–Kier alpha value is -1.65. The lowest BCUT2D eigenvalue weighted by atomic mass is 10.2. The van der Waals surface area contributed by atoms with Gasteiger partial charge in [-0.05, 0) is 43.2 Å². The van der Waals surface area contributed by atoms with E-state index in [1.807, 2.05) is 50.2 Å². The second kappa shape index (κ2) is 7.38. The summed E-state index contributed by atoms with van der Waals surface area (Å²) in [4.78, 5) is 0.889. The molecule has 0 aliphatic rings. The minimum absolute atomic E-state index is 0.425. The summed E-state index contributed by atoms with van der Waals surface area (Å²) in [5.41, 5.74) is 8.88. The Morgan fingerprint density at radius 1 is 1.14 bits per heavy atom. The summed E-state index contributed by atoms with van der Waals surface area (Å²) in [6.45, 7) is 4.94. The monoisotopic (exact) mass is 303 g/mol. The fourth-order valence-electron chi connectivity index (χ4n) is 2.16. The highest BCUT2D eigenvalue weighted by Crippen LogP contribution is 2.16. The zero-order valence-corrected chi connectivity index (χ0v) is 13.3. The van der Waals surface area contributed by atoms with Crippen LogP contribution in [0.15, 0.2) is 47.4 Å². The average Bonchev–Trinajstić information content (AvgIpc) is 2.47. The average molecular weight is 303 g/mol. The number of hydrogen-bond donors (Lipinski definition) is 1. The fourth-order valence-corrected chi connectivity index (χ4v) is 3.25. The van der Waals surface area contributed by atoms with Crippen LogP contribution in [0.2, 0.25) is 0 Å². The molecule has 112 valence electrons. The van der Waals surface area contributed by atoms with Crippen molar-refractivity contribution in [1.82, 2.24) is 0 Å². The zero-order chi connectivity index (χ0) is 15.2. The van der Waals surface area contributed by atoms with Crippen LogP contribution in [0.5, 0.6) is 5.75 Å². The van der Waals surface area contributed by atoms with Gasteiger partial charge in [0.25, 0.3) is 0 Å². The summed E-state index contributed by atoms with van der Waals surface area (Å²) in [7, 11) is -1.03. The van der Waals surface area contributed by atoms with Crippen molar-refractivity contribution in [3.05, 3.63) is 59.2 Å². The first-order chi connectivity index (χ1) is 10.1. The van der Waals surface area contributed by atoms with Gasteiger partial charge in [-0.2, -0.15) is 0 Å². The lowest BCUT2D eigenvalue weighted by molar-refractivity contribution is 0.342. The van der Waals surface area contributed by atoms with Gasteiger partial charge in [-0.3, -0.25) is 4.21 Å². The second-order valence-electron chi connectivity index (χ2n) is 5.02. The minimum Gasteiger partial charge on any atom is -0.493 e. The molecule has 21 heavy (non-hydrogen) atoms. The molecule has 1 unspecified atom stereocenters.